The van der Waals surface area contributed by atoms with Gasteiger partial charge in [0, 0.05) is 42.2 Å². The monoisotopic (exact) mass is 232 g/mol. The van der Waals surface area contributed by atoms with E-state index < -0.39 is 0 Å². The maximum absolute atomic E-state index is 9.18. The molecule has 0 saturated carbocycles. The van der Waals surface area contributed by atoms with Crippen LogP contribution in [0, 0.1) is 5.41 Å². The maximum atomic E-state index is 9.18. The minimum atomic E-state index is -0.0634. The van der Waals surface area contributed by atoms with Crippen molar-refractivity contribution in [2.24, 2.45) is 5.41 Å². The van der Waals surface area contributed by atoms with Gasteiger partial charge in [0.1, 0.15) is 0 Å². The van der Waals surface area contributed by atoms with Crippen LogP contribution < -0.4 is 5.32 Å². The third kappa shape index (κ3) is 2.87. The Balaban J connectivity index is 2.00. The Morgan fingerprint density at radius 2 is 2.06 bits per heavy atom. The molecule has 0 aliphatic rings. The lowest BCUT2D eigenvalue weighted by atomic mass is 9.95. The molecule has 0 aliphatic carbocycles. The van der Waals surface area contributed by atoms with Crippen LogP contribution in [0.1, 0.15) is 19.4 Å². The van der Waals surface area contributed by atoms with Crippen LogP contribution in [0.25, 0.3) is 10.9 Å². The summed E-state index contributed by atoms with van der Waals surface area (Å²) in [5.41, 5.74) is 2.38. The van der Waals surface area contributed by atoms with Crippen molar-refractivity contribution in [2.45, 2.75) is 20.4 Å². The summed E-state index contributed by atoms with van der Waals surface area (Å²) < 4.78 is 0. The van der Waals surface area contributed by atoms with Crippen molar-refractivity contribution in [3.8, 4) is 0 Å². The van der Waals surface area contributed by atoms with E-state index in [1.165, 1.54) is 16.5 Å². The van der Waals surface area contributed by atoms with Gasteiger partial charge in [0.25, 0.3) is 0 Å². The second kappa shape index (κ2) is 4.90. The van der Waals surface area contributed by atoms with Crippen molar-refractivity contribution in [3.05, 3.63) is 36.0 Å². The molecule has 0 fully saturated rings. The van der Waals surface area contributed by atoms with Gasteiger partial charge in [-0.25, -0.2) is 0 Å². The average molecular weight is 232 g/mol. The molecule has 17 heavy (non-hydrogen) atoms. The number of hydrogen-bond donors (Lipinski definition) is 3. The second-order valence-corrected chi connectivity index (χ2v) is 5.29. The quantitative estimate of drug-likeness (QED) is 0.740. The SMILES string of the molecule is CC(C)(CO)CNCc1c[nH]c2ccccc12. The summed E-state index contributed by atoms with van der Waals surface area (Å²) in [6.45, 7) is 5.94. The lowest BCUT2D eigenvalue weighted by Crippen LogP contribution is -2.31. The van der Waals surface area contributed by atoms with Crippen LogP contribution in [0.15, 0.2) is 30.5 Å². The standard InChI is InChI=1S/C14H20N2O/c1-14(2,10-17)9-15-7-11-8-16-13-6-4-3-5-12(11)13/h3-6,8,15-17H,7,9-10H2,1-2H3. The van der Waals surface area contributed by atoms with Crippen LogP contribution in [0.2, 0.25) is 0 Å². The van der Waals surface area contributed by atoms with Crippen molar-refractivity contribution >= 4 is 10.9 Å². The first-order valence-electron chi connectivity index (χ1n) is 5.99. The number of aromatic amines is 1. The summed E-state index contributed by atoms with van der Waals surface area (Å²) >= 11 is 0. The second-order valence-electron chi connectivity index (χ2n) is 5.29. The zero-order valence-corrected chi connectivity index (χ0v) is 10.5. The molecule has 0 amide bonds. The highest BCUT2D eigenvalue weighted by Crippen LogP contribution is 2.18. The van der Waals surface area contributed by atoms with E-state index in [1.807, 2.05) is 12.3 Å². The van der Waals surface area contributed by atoms with Gasteiger partial charge in [-0.1, -0.05) is 32.0 Å². The average Bonchev–Trinajstić information content (AvgIpc) is 2.73. The van der Waals surface area contributed by atoms with Gasteiger partial charge in [-0.3, -0.25) is 0 Å². The van der Waals surface area contributed by atoms with Gasteiger partial charge in [0.2, 0.25) is 0 Å². The predicted molar refractivity (Wildman–Crippen MR) is 70.9 cm³/mol. The summed E-state index contributed by atoms with van der Waals surface area (Å²) in [6, 6.07) is 8.29. The van der Waals surface area contributed by atoms with Crippen molar-refractivity contribution in [1.29, 1.82) is 0 Å². The highest BCUT2D eigenvalue weighted by atomic mass is 16.3. The first-order valence-corrected chi connectivity index (χ1v) is 5.99. The first kappa shape index (κ1) is 12.1. The minimum Gasteiger partial charge on any atom is -0.396 e. The number of H-pyrrole nitrogens is 1. The third-order valence-corrected chi connectivity index (χ3v) is 3.02. The molecule has 0 saturated heterocycles. The molecule has 92 valence electrons. The van der Waals surface area contributed by atoms with E-state index >= 15 is 0 Å². The first-order chi connectivity index (χ1) is 8.12. The molecule has 1 aromatic heterocycles. The Labute approximate surface area is 102 Å². The molecule has 0 unspecified atom stereocenters. The van der Waals surface area contributed by atoms with E-state index in [9.17, 15) is 5.11 Å². The summed E-state index contributed by atoms with van der Waals surface area (Å²) in [4.78, 5) is 3.26. The van der Waals surface area contributed by atoms with Gasteiger partial charge in [-0.15, -0.1) is 0 Å². The van der Waals surface area contributed by atoms with Gasteiger partial charge >= 0.3 is 0 Å². The molecular weight excluding hydrogens is 212 g/mol. The molecular formula is C14H20N2O. The Kier molecular flexibility index (Phi) is 3.50. The number of aromatic nitrogens is 1. The fourth-order valence-electron chi connectivity index (χ4n) is 1.87. The zero-order chi connectivity index (χ0) is 12.3. The molecule has 1 heterocycles. The van der Waals surface area contributed by atoms with Crippen LogP contribution >= 0.6 is 0 Å². The largest absolute Gasteiger partial charge is 0.396 e. The van der Waals surface area contributed by atoms with E-state index in [2.05, 4.69) is 42.3 Å². The Hall–Kier alpha value is -1.32. The number of rotatable bonds is 5. The molecule has 0 aliphatic heterocycles. The molecule has 0 spiro atoms. The van der Waals surface area contributed by atoms with Gasteiger partial charge < -0.3 is 15.4 Å². The normalized spacial score (nSPS) is 12.2. The van der Waals surface area contributed by atoms with Gasteiger partial charge in [0.05, 0.1) is 0 Å². The summed E-state index contributed by atoms with van der Waals surface area (Å²) in [6.07, 6.45) is 2.05. The highest BCUT2D eigenvalue weighted by molar-refractivity contribution is 5.82. The molecule has 0 bridgehead atoms. The van der Waals surface area contributed by atoms with Gasteiger partial charge in [-0.05, 0) is 11.6 Å². The minimum absolute atomic E-state index is 0.0634. The summed E-state index contributed by atoms with van der Waals surface area (Å²) in [5.74, 6) is 0. The summed E-state index contributed by atoms with van der Waals surface area (Å²) in [7, 11) is 0. The zero-order valence-electron chi connectivity index (χ0n) is 10.5. The van der Waals surface area contributed by atoms with E-state index in [-0.39, 0.29) is 12.0 Å². The smallest absolute Gasteiger partial charge is 0.0494 e. The van der Waals surface area contributed by atoms with E-state index in [0.717, 1.165) is 13.1 Å². The molecule has 0 atom stereocenters. The predicted octanol–water partition coefficient (Wildman–Crippen LogP) is 2.28. The lowest BCUT2D eigenvalue weighted by molar-refractivity contribution is 0.157. The van der Waals surface area contributed by atoms with Crippen LogP contribution in [0.5, 0.6) is 0 Å². The fourth-order valence-corrected chi connectivity index (χ4v) is 1.87. The van der Waals surface area contributed by atoms with Crippen molar-refractivity contribution in [3.63, 3.8) is 0 Å². The maximum Gasteiger partial charge on any atom is 0.0494 e. The van der Waals surface area contributed by atoms with Crippen LogP contribution in [0.4, 0.5) is 0 Å². The molecule has 1 aromatic carbocycles. The molecule has 2 aromatic rings. The Morgan fingerprint density at radius 3 is 2.82 bits per heavy atom. The van der Waals surface area contributed by atoms with Gasteiger partial charge in [-0.2, -0.15) is 0 Å². The van der Waals surface area contributed by atoms with E-state index in [4.69, 9.17) is 0 Å². The molecule has 3 N–H and O–H groups in total. The number of nitrogens with one attached hydrogen (secondary N) is 2. The number of aliphatic hydroxyl groups is 1. The van der Waals surface area contributed by atoms with E-state index in [1.54, 1.807) is 0 Å². The van der Waals surface area contributed by atoms with Crippen LogP contribution in [-0.4, -0.2) is 23.2 Å². The highest BCUT2D eigenvalue weighted by Gasteiger charge is 2.15. The molecule has 3 nitrogen and oxygen atoms in total. The Bertz CT molecular complexity index is 488. The van der Waals surface area contributed by atoms with Gasteiger partial charge in [0.15, 0.2) is 0 Å². The number of fused-ring (bicyclic) bond motifs is 1. The molecule has 2 rings (SSSR count). The van der Waals surface area contributed by atoms with Crippen LogP contribution in [0.3, 0.4) is 0 Å². The number of benzene rings is 1. The number of para-hydroxylation sites is 1. The summed E-state index contributed by atoms with van der Waals surface area (Å²) in [5, 5.41) is 13.8. The van der Waals surface area contributed by atoms with Crippen molar-refractivity contribution < 1.29 is 5.11 Å². The Morgan fingerprint density at radius 1 is 1.29 bits per heavy atom. The topological polar surface area (TPSA) is 48.0 Å². The molecule has 0 radical (unpaired) electrons. The third-order valence-electron chi connectivity index (χ3n) is 3.02. The van der Waals surface area contributed by atoms with Crippen LogP contribution in [-0.2, 0) is 6.54 Å². The fraction of sp³-hybridized carbons (Fsp3) is 0.429. The van der Waals surface area contributed by atoms with Crippen molar-refractivity contribution in [1.82, 2.24) is 10.3 Å². The van der Waals surface area contributed by atoms with E-state index in [0.29, 0.717) is 0 Å². The van der Waals surface area contributed by atoms with Crippen molar-refractivity contribution in [2.75, 3.05) is 13.2 Å². The molecule has 3 heteroatoms. The lowest BCUT2D eigenvalue weighted by Gasteiger charge is -2.21. The number of hydrogen-bond acceptors (Lipinski definition) is 2. The number of aliphatic hydroxyl groups excluding tert-OH is 1.